The fourth-order valence-corrected chi connectivity index (χ4v) is 4.44. The third kappa shape index (κ3) is 4.12. The third-order valence-electron chi connectivity index (χ3n) is 5.18. The minimum absolute atomic E-state index is 0.0700. The number of methoxy groups -OCH3 is 2. The van der Waals surface area contributed by atoms with Crippen molar-refractivity contribution in [3.8, 4) is 28.4 Å². The molecule has 1 amide bonds. The number of carbonyl (C=O) groups excluding carboxylic acids is 1. The molecule has 1 aliphatic rings. The number of fused-ring (bicyclic) bond motifs is 3. The van der Waals surface area contributed by atoms with Crippen LogP contribution < -0.4 is 25.0 Å². The van der Waals surface area contributed by atoms with Crippen LogP contribution in [0.3, 0.4) is 0 Å². The lowest BCUT2D eigenvalue weighted by Gasteiger charge is -2.20. The molecular weight excluding hydrogens is 402 g/mol. The first-order valence-electron chi connectivity index (χ1n) is 9.85. The van der Waals surface area contributed by atoms with Crippen LogP contribution in [0.2, 0.25) is 0 Å². The Hall–Kier alpha value is -2.67. The lowest BCUT2D eigenvalue weighted by Crippen LogP contribution is -2.26. The zero-order chi connectivity index (χ0) is 21.8. The maximum Gasteiger partial charge on any atom is 0.217 e. The summed E-state index contributed by atoms with van der Waals surface area (Å²) in [7, 11) is 3.18. The molecule has 0 unspecified atom stereocenters. The van der Waals surface area contributed by atoms with E-state index in [0.717, 1.165) is 22.3 Å². The van der Waals surface area contributed by atoms with E-state index in [1.54, 1.807) is 20.3 Å². The van der Waals surface area contributed by atoms with Crippen molar-refractivity contribution in [3.05, 3.63) is 45.6 Å². The summed E-state index contributed by atoms with van der Waals surface area (Å²) in [6, 6.07) is 7.09. The summed E-state index contributed by atoms with van der Waals surface area (Å²) in [5, 5.41) is 3.01. The molecule has 0 spiro atoms. The number of hydrogen-bond donors (Lipinski definition) is 1. The Bertz CT molecular complexity index is 1020. The van der Waals surface area contributed by atoms with E-state index in [-0.39, 0.29) is 17.4 Å². The molecule has 0 aromatic heterocycles. The van der Waals surface area contributed by atoms with Crippen molar-refractivity contribution in [2.45, 2.75) is 37.6 Å². The van der Waals surface area contributed by atoms with Gasteiger partial charge in [-0.1, -0.05) is 6.07 Å². The molecule has 0 radical (unpaired) electrons. The summed E-state index contributed by atoms with van der Waals surface area (Å²) in [6.07, 6.45) is 3.21. The molecule has 0 aliphatic heterocycles. The van der Waals surface area contributed by atoms with Crippen molar-refractivity contribution in [1.82, 2.24) is 5.32 Å². The smallest absolute Gasteiger partial charge is 0.217 e. The average molecular weight is 430 g/mol. The van der Waals surface area contributed by atoms with Gasteiger partial charge in [0.1, 0.15) is 0 Å². The second kappa shape index (κ2) is 9.43. The van der Waals surface area contributed by atoms with Crippen LogP contribution in [0.5, 0.6) is 17.2 Å². The number of thioether (sulfide) groups is 1. The number of aryl methyl sites for hydroxylation is 1. The van der Waals surface area contributed by atoms with E-state index in [1.807, 2.05) is 31.4 Å². The molecule has 1 atom stereocenters. The quantitative estimate of drug-likeness (QED) is 0.701. The first-order chi connectivity index (χ1) is 14.4. The topological polar surface area (TPSA) is 73.9 Å². The summed E-state index contributed by atoms with van der Waals surface area (Å²) < 4.78 is 17.2. The highest BCUT2D eigenvalue weighted by molar-refractivity contribution is 7.98. The Balaban J connectivity index is 2.39. The summed E-state index contributed by atoms with van der Waals surface area (Å²) in [4.78, 5) is 25.3. The number of rotatable bonds is 6. The van der Waals surface area contributed by atoms with E-state index in [1.165, 1.54) is 18.7 Å². The van der Waals surface area contributed by atoms with Crippen LogP contribution in [0.1, 0.15) is 37.4 Å². The van der Waals surface area contributed by atoms with E-state index in [0.29, 0.717) is 41.6 Å². The van der Waals surface area contributed by atoms with Crippen LogP contribution >= 0.6 is 11.8 Å². The predicted molar refractivity (Wildman–Crippen MR) is 119 cm³/mol. The van der Waals surface area contributed by atoms with E-state index in [9.17, 15) is 9.59 Å². The van der Waals surface area contributed by atoms with E-state index in [4.69, 9.17) is 14.2 Å². The van der Waals surface area contributed by atoms with Crippen molar-refractivity contribution >= 4 is 17.7 Å². The highest BCUT2D eigenvalue weighted by Crippen LogP contribution is 2.50. The molecule has 1 N–H and O–H groups in total. The second-order valence-electron chi connectivity index (χ2n) is 6.98. The van der Waals surface area contributed by atoms with Gasteiger partial charge >= 0.3 is 0 Å². The van der Waals surface area contributed by atoms with Gasteiger partial charge in [-0.15, -0.1) is 11.8 Å². The third-order valence-corrected chi connectivity index (χ3v) is 5.96. The lowest BCUT2D eigenvalue weighted by molar-refractivity contribution is -0.119. The van der Waals surface area contributed by atoms with E-state index < -0.39 is 0 Å². The Kier molecular flexibility index (Phi) is 6.92. The molecule has 6 nitrogen and oxygen atoms in total. The second-order valence-corrected chi connectivity index (χ2v) is 7.83. The van der Waals surface area contributed by atoms with Gasteiger partial charge in [0.2, 0.25) is 11.7 Å². The van der Waals surface area contributed by atoms with Gasteiger partial charge in [-0.3, -0.25) is 9.59 Å². The Morgan fingerprint density at radius 1 is 1.20 bits per heavy atom. The Labute approximate surface area is 180 Å². The molecule has 3 rings (SSSR count). The first kappa shape index (κ1) is 22.0. The van der Waals surface area contributed by atoms with Gasteiger partial charge in [-0.05, 0) is 60.9 Å². The molecule has 2 aromatic carbocycles. The highest BCUT2D eigenvalue weighted by Gasteiger charge is 2.29. The van der Waals surface area contributed by atoms with Crippen molar-refractivity contribution in [2.75, 3.05) is 27.1 Å². The van der Waals surface area contributed by atoms with Gasteiger partial charge in [-0.25, -0.2) is 0 Å². The number of hydrogen-bond acceptors (Lipinski definition) is 6. The van der Waals surface area contributed by atoms with Crippen LogP contribution in [0.25, 0.3) is 11.1 Å². The lowest BCUT2D eigenvalue weighted by atomic mass is 9.95. The summed E-state index contributed by atoms with van der Waals surface area (Å²) in [5.74, 6) is 1.55. The number of nitrogens with one attached hydrogen (secondary N) is 1. The fraction of sp³-hybridized carbons (Fsp3) is 0.391. The van der Waals surface area contributed by atoms with Crippen LogP contribution in [-0.4, -0.2) is 33.0 Å². The van der Waals surface area contributed by atoms with Gasteiger partial charge in [0.15, 0.2) is 16.9 Å². The minimum Gasteiger partial charge on any atom is -0.492 e. The van der Waals surface area contributed by atoms with Gasteiger partial charge in [0.25, 0.3) is 0 Å². The minimum atomic E-state index is -0.286. The molecule has 0 saturated carbocycles. The summed E-state index contributed by atoms with van der Waals surface area (Å²) in [5.41, 5.74) is 3.44. The number of ether oxygens (including phenoxy) is 3. The first-order valence-corrected chi connectivity index (χ1v) is 11.1. The van der Waals surface area contributed by atoms with Crippen molar-refractivity contribution in [3.63, 3.8) is 0 Å². The van der Waals surface area contributed by atoms with Crippen LogP contribution in [-0.2, 0) is 11.2 Å². The number of carbonyl (C=O) groups is 1. The Morgan fingerprint density at radius 3 is 2.53 bits per heavy atom. The van der Waals surface area contributed by atoms with Crippen molar-refractivity contribution < 1.29 is 19.0 Å². The molecule has 2 aromatic rings. The average Bonchev–Trinajstić information content (AvgIpc) is 2.96. The number of amides is 1. The molecule has 0 heterocycles. The molecular formula is C23H27NO5S. The van der Waals surface area contributed by atoms with Crippen molar-refractivity contribution in [2.24, 2.45) is 0 Å². The van der Waals surface area contributed by atoms with Crippen LogP contribution in [0, 0.1) is 0 Å². The predicted octanol–water partition coefficient (Wildman–Crippen LogP) is 3.98. The molecule has 0 bridgehead atoms. The van der Waals surface area contributed by atoms with Crippen LogP contribution in [0.4, 0.5) is 0 Å². The van der Waals surface area contributed by atoms with Gasteiger partial charge in [0.05, 0.1) is 31.8 Å². The molecule has 0 saturated heterocycles. The van der Waals surface area contributed by atoms with Crippen LogP contribution in [0.15, 0.2) is 34.0 Å². The molecule has 1 aliphatic carbocycles. The fourth-order valence-electron chi connectivity index (χ4n) is 3.97. The largest absolute Gasteiger partial charge is 0.492 e. The molecule has 0 fully saturated rings. The maximum atomic E-state index is 12.8. The molecule has 7 heteroatoms. The van der Waals surface area contributed by atoms with Crippen molar-refractivity contribution in [1.29, 1.82) is 0 Å². The molecule has 160 valence electrons. The van der Waals surface area contributed by atoms with Gasteiger partial charge < -0.3 is 19.5 Å². The summed E-state index contributed by atoms with van der Waals surface area (Å²) in [6.45, 7) is 3.90. The standard InChI is InChI=1S/C23H27NO5S/c1-6-29-19-11-14-7-9-17(24-13(2)25)16-12-18(26)20(30-5)10-8-15(16)21(14)23(28-4)22(19)27-3/h8,10-12,17H,6-7,9H2,1-5H3,(H,24,25)/t17-/m0/s1. The SMILES string of the molecule is CCOc1cc2c(c(OC)c1OC)-c1ccc(SC)c(=O)cc1[C@@H](NC(C)=O)CC2. The van der Waals surface area contributed by atoms with E-state index >= 15 is 0 Å². The zero-order valence-electron chi connectivity index (χ0n) is 18.0. The molecule has 30 heavy (non-hydrogen) atoms. The number of benzene rings is 1. The summed E-state index contributed by atoms with van der Waals surface area (Å²) >= 11 is 1.40. The van der Waals surface area contributed by atoms with Gasteiger partial charge in [-0.2, -0.15) is 0 Å². The van der Waals surface area contributed by atoms with E-state index in [2.05, 4.69) is 5.32 Å². The monoisotopic (exact) mass is 429 g/mol. The normalized spacial score (nSPS) is 14.8. The van der Waals surface area contributed by atoms with Gasteiger partial charge in [0, 0.05) is 12.5 Å². The highest BCUT2D eigenvalue weighted by atomic mass is 32.2. The Morgan fingerprint density at radius 2 is 1.93 bits per heavy atom. The zero-order valence-corrected chi connectivity index (χ0v) is 18.8. The maximum absolute atomic E-state index is 12.8.